The van der Waals surface area contributed by atoms with Crippen LogP contribution in [0.25, 0.3) is 10.1 Å². The molecular formula is C25H29ClN4O2S. The van der Waals surface area contributed by atoms with Gasteiger partial charge in [-0.2, -0.15) is 0 Å². The summed E-state index contributed by atoms with van der Waals surface area (Å²) in [6.45, 7) is 6.68. The van der Waals surface area contributed by atoms with E-state index < -0.39 is 0 Å². The number of nitrogens with one attached hydrogen (secondary N) is 2. The van der Waals surface area contributed by atoms with Crippen LogP contribution in [0.1, 0.15) is 18.4 Å². The van der Waals surface area contributed by atoms with Gasteiger partial charge in [0.25, 0.3) is 0 Å². The molecule has 33 heavy (non-hydrogen) atoms. The van der Waals surface area contributed by atoms with Gasteiger partial charge in [0.2, 0.25) is 0 Å². The maximum absolute atomic E-state index is 12.3. The molecule has 0 unspecified atom stereocenters. The number of hydrogen-bond donors (Lipinski definition) is 2. The van der Waals surface area contributed by atoms with Gasteiger partial charge in [0.1, 0.15) is 10.8 Å². The van der Waals surface area contributed by atoms with Gasteiger partial charge in [0, 0.05) is 49.2 Å². The number of unbranched alkanes of at least 4 members (excludes halogenated alkanes) is 1. The molecule has 8 heteroatoms. The topological polar surface area (TPSA) is 56.8 Å². The van der Waals surface area contributed by atoms with Crippen LogP contribution in [-0.4, -0.2) is 56.8 Å². The fourth-order valence-electron chi connectivity index (χ4n) is 4.56. The van der Waals surface area contributed by atoms with Crippen molar-refractivity contribution in [2.75, 3.05) is 56.1 Å². The molecule has 2 aliphatic heterocycles. The van der Waals surface area contributed by atoms with Crippen LogP contribution in [0.15, 0.2) is 42.5 Å². The van der Waals surface area contributed by atoms with Crippen molar-refractivity contribution in [1.29, 1.82) is 0 Å². The smallest absolute Gasteiger partial charge is 0.319 e. The second kappa shape index (κ2) is 10.2. The lowest BCUT2D eigenvalue weighted by molar-refractivity contribution is 0.246. The van der Waals surface area contributed by atoms with E-state index in [2.05, 4.69) is 38.6 Å². The first-order valence-electron chi connectivity index (χ1n) is 11.6. The quantitative estimate of drug-likeness (QED) is 0.452. The predicted molar refractivity (Wildman–Crippen MR) is 137 cm³/mol. The highest BCUT2D eigenvalue weighted by molar-refractivity contribution is 7.23. The third-order valence-corrected chi connectivity index (χ3v) is 7.95. The number of rotatable bonds is 7. The zero-order chi connectivity index (χ0) is 22.6. The minimum absolute atomic E-state index is 0.199. The van der Waals surface area contributed by atoms with Crippen molar-refractivity contribution >= 4 is 49.7 Å². The second-order valence-corrected chi connectivity index (χ2v) is 9.95. The van der Waals surface area contributed by atoms with E-state index >= 15 is 0 Å². The molecule has 0 aliphatic carbocycles. The summed E-state index contributed by atoms with van der Waals surface area (Å²) in [6, 6.07) is 14.2. The number of anilines is 2. The number of carbonyl (C=O) groups excluding carboxylic acids is 1. The molecule has 1 fully saturated rings. The summed E-state index contributed by atoms with van der Waals surface area (Å²) in [5.41, 5.74) is 2.58. The van der Waals surface area contributed by atoms with Gasteiger partial charge in [-0.15, -0.1) is 11.3 Å². The van der Waals surface area contributed by atoms with Crippen molar-refractivity contribution in [3.8, 4) is 5.75 Å². The number of nitrogens with zero attached hydrogens (tertiary/aromatic N) is 2. The molecule has 0 saturated carbocycles. The first kappa shape index (κ1) is 22.3. The summed E-state index contributed by atoms with van der Waals surface area (Å²) in [5.74, 6) is 1.09. The van der Waals surface area contributed by atoms with Gasteiger partial charge in [0.15, 0.2) is 0 Å². The first-order chi connectivity index (χ1) is 16.2. The Morgan fingerprint density at radius 2 is 1.91 bits per heavy atom. The zero-order valence-electron chi connectivity index (χ0n) is 18.6. The fourth-order valence-corrected chi connectivity index (χ4v) is 5.94. The Morgan fingerprint density at radius 1 is 1.06 bits per heavy atom. The van der Waals surface area contributed by atoms with E-state index in [4.69, 9.17) is 16.3 Å². The van der Waals surface area contributed by atoms with Gasteiger partial charge in [-0.25, -0.2) is 4.79 Å². The molecule has 2 N–H and O–H groups in total. The van der Waals surface area contributed by atoms with Crippen LogP contribution in [0.3, 0.4) is 0 Å². The third-order valence-electron chi connectivity index (χ3n) is 6.36. The van der Waals surface area contributed by atoms with E-state index in [0.717, 1.165) is 74.4 Å². The number of benzene rings is 2. The van der Waals surface area contributed by atoms with Crippen LogP contribution in [0.2, 0.25) is 5.02 Å². The van der Waals surface area contributed by atoms with E-state index in [1.807, 2.05) is 24.3 Å². The van der Waals surface area contributed by atoms with Crippen LogP contribution in [0.5, 0.6) is 5.75 Å². The molecule has 1 saturated heterocycles. The number of hydrogen-bond acceptors (Lipinski definition) is 5. The standard InChI is InChI=1S/C25H29ClN4O2S/c26-22-19-7-1-2-9-21(19)33-24(22)28-25(31)27-11-3-4-12-29-13-15-30(16-14-29)20-8-5-6-18-10-17-32-23(18)20/h1-2,5-9H,3-4,10-17H2,(H2,27,28,31). The minimum atomic E-state index is -0.199. The van der Waals surface area contributed by atoms with Crippen molar-refractivity contribution < 1.29 is 9.53 Å². The normalized spacial score (nSPS) is 16.0. The average Bonchev–Trinajstić information content (AvgIpc) is 3.44. The molecule has 0 bridgehead atoms. The number of urea groups is 1. The molecule has 2 aliphatic rings. The molecular weight excluding hydrogens is 456 g/mol. The molecule has 3 aromatic rings. The molecule has 2 amide bonds. The molecule has 5 rings (SSSR count). The van der Waals surface area contributed by atoms with Gasteiger partial charge in [0.05, 0.1) is 17.3 Å². The second-order valence-electron chi connectivity index (χ2n) is 8.52. The highest BCUT2D eigenvalue weighted by Gasteiger charge is 2.23. The zero-order valence-corrected chi connectivity index (χ0v) is 20.2. The Hall–Kier alpha value is -2.48. The maximum Gasteiger partial charge on any atom is 0.319 e. The van der Waals surface area contributed by atoms with Gasteiger partial charge in [-0.3, -0.25) is 10.2 Å². The van der Waals surface area contributed by atoms with Crippen LogP contribution in [-0.2, 0) is 6.42 Å². The van der Waals surface area contributed by atoms with Crippen molar-refractivity contribution in [3.63, 3.8) is 0 Å². The van der Waals surface area contributed by atoms with Crippen molar-refractivity contribution in [3.05, 3.63) is 53.1 Å². The van der Waals surface area contributed by atoms with Gasteiger partial charge in [-0.1, -0.05) is 41.9 Å². The summed E-state index contributed by atoms with van der Waals surface area (Å²) < 4.78 is 6.95. The summed E-state index contributed by atoms with van der Waals surface area (Å²) in [7, 11) is 0. The number of fused-ring (bicyclic) bond motifs is 2. The molecule has 2 aromatic carbocycles. The summed E-state index contributed by atoms with van der Waals surface area (Å²) in [6.07, 6.45) is 3.04. The van der Waals surface area contributed by atoms with Gasteiger partial charge in [-0.05, 0) is 37.1 Å². The lowest BCUT2D eigenvalue weighted by Gasteiger charge is -2.36. The highest BCUT2D eigenvalue weighted by Crippen LogP contribution is 2.39. The molecule has 6 nitrogen and oxygen atoms in total. The molecule has 3 heterocycles. The maximum atomic E-state index is 12.3. The Balaban J connectivity index is 1.00. The minimum Gasteiger partial charge on any atom is -0.491 e. The number of para-hydroxylation sites is 1. The monoisotopic (exact) mass is 484 g/mol. The van der Waals surface area contributed by atoms with Crippen LogP contribution < -0.4 is 20.3 Å². The van der Waals surface area contributed by atoms with E-state index in [1.165, 1.54) is 22.6 Å². The number of carbonyl (C=O) groups is 1. The Kier molecular flexibility index (Phi) is 6.90. The highest BCUT2D eigenvalue weighted by atomic mass is 35.5. The molecule has 0 atom stereocenters. The summed E-state index contributed by atoms with van der Waals surface area (Å²) in [4.78, 5) is 17.2. The van der Waals surface area contributed by atoms with E-state index in [1.54, 1.807) is 0 Å². The first-order valence-corrected chi connectivity index (χ1v) is 12.8. The van der Waals surface area contributed by atoms with Crippen molar-refractivity contribution in [2.24, 2.45) is 0 Å². The number of thiophene rings is 1. The Morgan fingerprint density at radius 3 is 2.76 bits per heavy atom. The molecule has 174 valence electrons. The van der Waals surface area contributed by atoms with E-state index in [9.17, 15) is 4.79 Å². The van der Waals surface area contributed by atoms with E-state index in [-0.39, 0.29) is 6.03 Å². The van der Waals surface area contributed by atoms with Gasteiger partial charge < -0.3 is 15.0 Å². The van der Waals surface area contributed by atoms with Crippen LogP contribution in [0, 0.1) is 0 Å². The lowest BCUT2D eigenvalue weighted by atomic mass is 10.1. The molecule has 0 radical (unpaired) electrons. The summed E-state index contributed by atoms with van der Waals surface area (Å²) in [5, 5.41) is 8.12. The predicted octanol–water partition coefficient (Wildman–Crippen LogP) is 5.21. The number of piperazine rings is 1. The fraction of sp³-hybridized carbons (Fsp3) is 0.400. The van der Waals surface area contributed by atoms with E-state index in [0.29, 0.717) is 16.6 Å². The van der Waals surface area contributed by atoms with Crippen LogP contribution in [0.4, 0.5) is 15.5 Å². The molecule has 1 aromatic heterocycles. The van der Waals surface area contributed by atoms with Crippen LogP contribution >= 0.6 is 22.9 Å². The average molecular weight is 485 g/mol. The summed E-state index contributed by atoms with van der Waals surface area (Å²) >= 11 is 7.90. The number of halogens is 1. The number of amides is 2. The van der Waals surface area contributed by atoms with Gasteiger partial charge >= 0.3 is 6.03 Å². The third kappa shape index (κ3) is 5.05. The largest absolute Gasteiger partial charge is 0.491 e. The van der Waals surface area contributed by atoms with Crippen molar-refractivity contribution in [2.45, 2.75) is 19.3 Å². The SMILES string of the molecule is O=C(NCCCCN1CCN(c2cccc3c2OCC3)CC1)Nc1sc2ccccc2c1Cl. The lowest BCUT2D eigenvalue weighted by Crippen LogP contribution is -2.46. The number of ether oxygens (including phenoxy) is 1. The Bertz CT molecular complexity index is 1130. The Labute approximate surface area is 203 Å². The van der Waals surface area contributed by atoms with Crippen molar-refractivity contribution in [1.82, 2.24) is 10.2 Å². The molecule has 0 spiro atoms.